The molecule has 1 aromatic rings. The first-order chi connectivity index (χ1) is 8.09. The number of benzene rings is 1. The summed E-state index contributed by atoms with van der Waals surface area (Å²) in [7, 11) is 1.94. The summed E-state index contributed by atoms with van der Waals surface area (Å²) in [6.45, 7) is 0.801. The van der Waals surface area contributed by atoms with Gasteiger partial charge in [-0.2, -0.15) is 0 Å². The molecule has 1 saturated heterocycles. The number of hydrogen-bond acceptors (Lipinski definition) is 3. The molecule has 2 rings (SSSR count). The van der Waals surface area contributed by atoms with Crippen LogP contribution in [0.1, 0.15) is 12.0 Å². The lowest BCUT2D eigenvalue weighted by molar-refractivity contribution is -0.142. The van der Waals surface area contributed by atoms with Crippen LogP contribution in [-0.2, 0) is 11.2 Å². The Labute approximate surface area is 100 Å². The van der Waals surface area contributed by atoms with Gasteiger partial charge >= 0.3 is 5.97 Å². The summed E-state index contributed by atoms with van der Waals surface area (Å²) in [5.74, 6) is -0.827. The number of aromatic hydroxyl groups is 1. The minimum atomic E-state index is -0.741. The summed E-state index contributed by atoms with van der Waals surface area (Å²) in [5.41, 5.74) is 0.817. The molecule has 0 aromatic heterocycles. The first-order valence-corrected chi connectivity index (χ1v) is 5.79. The van der Waals surface area contributed by atoms with E-state index in [0.29, 0.717) is 12.8 Å². The molecule has 0 aliphatic carbocycles. The van der Waals surface area contributed by atoms with E-state index < -0.39 is 5.97 Å². The van der Waals surface area contributed by atoms with E-state index in [1.165, 1.54) is 0 Å². The second-order valence-corrected chi connectivity index (χ2v) is 4.61. The second kappa shape index (κ2) is 4.75. The lowest BCUT2D eigenvalue weighted by atomic mass is 9.94. The molecule has 0 radical (unpaired) electrons. The molecule has 2 atom stereocenters. The van der Waals surface area contributed by atoms with Crippen molar-refractivity contribution in [3.05, 3.63) is 29.8 Å². The van der Waals surface area contributed by atoms with Gasteiger partial charge in [-0.3, -0.25) is 4.79 Å². The van der Waals surface area contributed by atoms with Crippen LogP contribution < -0.4 is 0 Å². The Bertz CT molecular complexity index is 419. The van der Waals surface area contributed by atoms with Gasteiger partial charge in [-0.15, -0.1) is 0 Å². The van der Waals surface area contributed by atoms with Gasteiger partial charge in [0.15, 0.2) is 0 Å². The zero-order valence-electron chi connectivity index (χ0n) is 9.84. The molecule has 17 heavy (non-hydrogen) atoms. The normalized spacial score (nSPS) is 25.0. The second-order valence-electron chi connectivity index (χ2n) is 4.61. The number of carboxylic acids is 1. The Morgan fingerprint density at radius 1 is 1.47 bits per heavy atom. The van der Waals surface area contributed by atoms with Crippen LogP contribution >= 0.6 is 0 Å². The zero-order valence-corrected chi connectivity index (χ0v) is 9.84. The number of nitrogens with zero attached hydrogens (tertiary/aromatic N) is 1. The number of para-hydroxylation sites is 1. The third-order valence-corrected chi connectivity index (χ3v) is 3.56. The van der Waals surface area contributed by atoms with E-state index in [9.17, 15) is 9.90 Å². The Kier molecular flexibility index (Phi) is 3.33. The molecular formula is C13H17NO3. The van der Waals surface area contributed by atoms with E-state index in [-0.39, 0.29) is 17.7 Å². The standard InChI is InChI=1S/C13H17NO3/c1-14-7-6-10(13(16)17)11(14)8-9-4-2-3-5-12(9)15/h2-5,10-11,15H,6-8H2,1H3,(H,16,17). The van der Waals surface area contributed by atoms with Crippen molar-refractivity contribution in [1.82, 2.24) is 4.90 Å². The van der Waals surface area contributed by atoms with Gasteiger partial charge < -0.3 is 15.1 Å². The molecule has 92 valence electrons. The molecule has 4 nitrogen and oxygen atoms in total. The van der Waals surface area contributed by atoms with Gasteiger partial charge in [0, 0.05) is 6.04 Å². The minimum Gasteiger partial charge on any atom is -0.508 e. The van der Waals surface area contributed by atoms with Crippen LogP contribution in [0.25, 0.3) is 0 Å². The van der Waals surface area contributed by atoms with Gasteiger partial charge in [-0.05, 0) is 38.1 Å². The first kappa shape index (κ1) is 11.9. The molecule has 2 unspecified atom stereocenters. The summed E-state index contributed by atoms with van der Waals surface area (Å²) in [4.78, 5) is 13.2. The van der Waals surface area contributed by atoms with Crippen molar-refractivity contribution < 1.29 is 15.0 Å². The molecule has 0 spiro atoms. The maximum Gasteiger partial charge on any atom is 0.308 e. The Morgan fingerprint density at radius 2 is 2.18 bits per heavy atom. The van der Waals surface area contributed by atoms with E-state index in [2.05, 4.69) is 4.90 Å². The predicted molar refractivity (Wildman–Crippen MR) is 64.0 cm³/mol. The van der Waals surface area contributed by atoms with E-state index >= 15 is 0 Å². The summed E-state index contributed by atoms with van der Waals surface area (Å²) < 4.78 is 0. The lowest BCUT2D eigenvalue weighted by Crippen LogP contribution is -2.34. The van der Waals surface area contributed by atoms with Crippen molar-refractivity contribution in [3.63, 3.8) is 0 Å². The van der Waals surface area contributed by atoms with Crippen molar-refractivity contribution in [2.45, 2.75) is 18.9 Å². The van der Waals surface area contributed by atoms with Crippen LogP contribution in [0.15, 0.2) is 24.3 Å². The highest BCUT2D eigenvalue weighted by molar-refractivity contribution is 5.71. The molecule has 1 heterocycles. The Hall–Kier alpha value is -1.55. The number of aliphatic carboxylic acids is 1. The van der Waals surface area contributed by atoms with E-state index in [0.717, 1.165) is 12.1 Å². The third kappa shape index (κ3) is 2.42. The summed E-state index contributed by atoms with van der Waals surface area (Å²) in [5, 5.41) is 18.9. The fourth-order valence-electron chi connectivity index (χ4n) is 2.50. The average molecular weight is 235 g/mol. The van der Waals surface area contributed by atoms with Gasteiger partial charge in [0.2, 0.25) is 0 Å². The molecule has 1 aromatic carbocycles. The highest BCUT2D eigenvalue weighted by atomic mass is 16.4. The third-order valence-electron chi connectivity index (χ3n) is 3.56. The average Bonchev–Trinajstić information content (AvgIpc) is 2.64. The smallest absolute Gasteiger partial charge is 0.308 e. The largest absolute Gasteiger partial charge is 0.508 e. The van der Waals surface area contributed by atoms with Crippen molar-refractivity contribution in [3.8, 4) is 5.75 Å². The summed E-state index contributed by atoms with van der Waals surface area (Å²) in [6.07, 6.45) is 1.27. The van der Waals surface area contributed by atoms with Crippen molar-refractivity contribution >= 4 is 5.97 Å². The zero-order chi connectivity index (χ0) is 12.4. The van der Waals surface area contributed by atoms with Gasteiger partial charge in [0.1, 0.15) is 5.75 Å². The highest BCUT2D eigenvalue weighted by Gasteiger charge is 2.36. The SMILES string of the molecule is CN1CCC(C(=O)O)C1Cc1ccccc1O. The molecule has 2 N–H and O–H groups in total. The summed E-state index contributed by atoms with van der Waals surface area (Å²) in [6, 6.07) is 7.09. The van der Waals surface area contributed by atoms with E-state index in [1.807, 2.05) is 19.2 Å². The number of carboxylic acid groups (broad SMARTS) is 1. The number of rotatable bonds is 3. The van der Waals surface area contributed by atoms with Crippen LogP contribution in [-0.4, -0.2) is 40.7 Å². The predicted octanol–water partition coefficient (Wildman–Crippen LogP) is 1.34. The number of likely N-dealkylation sites (tertiary alicyclic amines) is 1. The molecule has 0 bridgehead atoms. The molecule has 0 saturated carbocycles. The molecule has 4 heteroatoms. The number of phenolic OH excluding ortho intramolecular Hbond substituents is 1. The van der Waals surface area contributed by atoms with Crippen LogP contribution in [0.3, 0.4) is 0 Å². The minimum absolute atomic E-state index is 0.0270. The highest BCUT2D eigenvalue weighted by Crippen LogP contribution is 2.28. The molecular weight excluding hydrogens is 218 g/mol. The van der Waals surface area contributed by atoms with Gasteiger partial charge in [-0.25, -0.2) is 0 Å². The molecule has 1 aliphatic heterocycles. The van der Waals surface area contributed by atoms with Crippen LogP contribution in [0.2, 0.25) is 0 Å². The summed E-state index contributed by atoms with van der Waals surface area (Å²) >= 11 is 0. The monoisotopic (exact) mass is 235 g/mol. The fraction of sp³-hybridized carbons (Fsp3) is 0.462. The Morgan fingerprint density at radius 3 is 2.82 bits per heavy atom. The van der Waals surface area contributed by atoms with Gasteiger partial charge in [0.25, 0.3) is 0 Å². The maximum absolute atomic E-state index is 11.1. The molecule has 0 amide bonds. The van der Waals surface area contributed by atoms with Gasteiger partial charge in [0.05, 0.1) is 5.92 Å². The van der Waals surface area contributed by atoms with Crippen LogP contribution in [0.4, 0.5) is 0 Å². The number of hydrogen-bond donors (Lipinski definition) is 2. The molecule has 1 aliphatic rings. The Balaban J connectivity index is 2.16. The first-order valence-electron chi connectivity index (χ1n) is 5.79. The van der Waals surface area contributed by atoms with Crippen molar-refractivity contribution in [2.24, 2.45) is 5.92 Å². The van der Waals surface area contributed by atoms with Crippen LogP contribution in [0, 0.1) is 5.92 Å². The van der Waals surface area contributed by atoms with Crippen LogP contribution in [0.5, 0.6) is 5.75 Å². The maximum atomic E-state index is 11.1. The van der Waals surface area contributed by atoms with E-state index in [1.54, 1.807) is 12.1 Å². The fourth-order valence-corrected chi connectivity index (χ4v) is 2.50. The van der Waals surface area contributed by atoms with E-state index in [4.69, 9.17) is 5.11 Å². The lowest BCUT2D eigenvalue weighted by Gasteiger charge is -2.23. The number of phenols is 1. The van der Waals surface area contributed by atoms with Crippen molar-refractivity contribution in [2.75, 3.05) is 13.6 Å². The van der Waals surface area contributed by atoms with Crippen molar-refractivity contribution in [1.29, 1.82) is 0 Å². The number of likely N-dealkylation sites (N-methyl/N-ethyl adjacent to an activating group) is 1. The van der Waals surface area contributed by atoms with Gasteiger partial charge in [-0.1, -0.05) is 18.2 Å². The topological polar surface area (TPSA) is 60.8 Å². The quantitative estimate of drug-likeness (QED) is 0.830. The molecule has 1 fully saturated rings. The number of carbonyl (C=O) groups is 1.